The SMILES string of the molecule is CCCNC(CCC)c1cnn(-c2ccccc2)n1. The number of nitrogens with one attached hydrogen (secondary N) is 1. The van der Waals surface area contributed by atoms with Crippen LogP contribution in [0, 0.1) is 0 Å². The number of hydrogen-bond acceptors (Lipinski definition) is 3. The van der Waals surface area contributed by atoms with Crippen LogP contribution < -0.4 is 5.32 Å². The molecule has 0 saturated heterocycles. The smallest absolute Gasteiger partial charge is 0.100 e. The summed E-state index contributed by atoms with van der Waals surface area (Å²) < 4.78 is 0. The van der Waals surface area contributed by atoms with Gasteiger partial charge in [-0.1, -0.05) is 38.5 Å². The summed E-state index contributed by atoms with van der Waals surface area (Å²) in [6, 6.07) is 10.3. The van der Waals surface area contributed by atoms with E-state index in [0.29, 0.717) is 6.04 Å². The third kappa shape index (κ3) is 3.64. The summed E-state index contributed by atoms with van der Waals surface area (Å²) in [6.45, 7) is 5.39. The van der Waals surface area contributed by atoms with Gasteiger partial charge >= 0.3 is 0 Å². The fourth-order valence-corrected chi connectivity index (χ4v) is 2.08. The maximum Gasteiger partial charge on any atom is 0.100 e. The Balaban J connectivity index is 2.14. The molecule has 0 bridgehead atoms. The highest BCUT2D eigenvalue weighted by molar-refractivity contribution is 5.28. The molecule has 1 heterocycles. The van der Waals surface area contributed by atoms with E-state index in [9.17, 15) is 0 Å². The molecule has 1 atom stereocenters. The maximum absolute atomic E-state index is 4.60. The second-order valence-electron chi connectivity index (χ2n) is 4.69. The van der Waals surface area contributed by atoms with Crippen molar-refractivity contribution in [2.45, 2.75) is 39.2 Å². The standard InChI is InChI=1S/C15H22N4/c1-3-8-14(16-11-4-2)15-12-17-19(18-15)13-9-6-5-7-10-13/h5-7,9-10,12,14,16H,3-4,8,11H2,1-2H3. The summed E-state index contributed by atoms with van der Waals surface area (Å²) in [5, 5.41) is 12.5. The minimum absolute atomic E-state index is 0.308. The minimum Gasteiger partial charge on any atom is -0.309 e. The lowest BCUT2D eigenvalue weighted by Crippen LogP contribution is -2.22. The van der Waals surface area contributed by atoms with Crippen LogP contribution in [0.2, 0.25) is 0 Å². The Morgan fingerprint density at radius 3 is 2.63 bits per heavy atom. The molecule has 1 aromatic carbocycles. The summed E-state index contributed by atoms with van der Waals surface area (Å²) in [7, 11) is 0. The number of aromatic nitrogens is 3. The first kappa shape index (κ1) is 13.7. The van der Waals surface area contributed by atoms with E-state index in [1.165, 1.54) is 0 Å². The van der Waals surface area contributed by atoms with Gasteiger partial charge in [-0.2, -0.15) is 15.0 Å². The average molecular weight is 258 g/mol. The van der Waals surface area contributed by atoms with Gasteiger partial charge in [0.1, 0.15) is 5.69 Å². The zero-order valence-corrected chi connectivity index (χ0v) is 11.7. The van der Waals surface area contributed by atoms with Crippen molar-refractivity contribution in [3.05, 3.63) is 42.2 Å². The lowest BCUT2D eigenvalue weighted by atomic mass is 10.1. The van der Waals surface area contributed by atoms with Crippen LogP contribution in [0.3, 0.4) is 0 Å². The Kier molecular flexibility index (Phi) is 5.10. The summed E-state index contributed by atoms with van der Waals surface area (Å²) in [5.74, 6) is 0. The van der Waals surface area contributed by atoms with Crippen LogP contribution in [-0.4, -0.2) is 21.5 Å². The van der Waals surface area contributed by atoms with Crippen molar-refractivity contribution in [3.8, 4) is 5.69 Å². The number of rotatable bonds is 7. The van der Waals surface area contributed by atoms with E-state index < -0.39 is 0 Å². The van der Waals surface area contributed by atoms with Gasteiger partial charge in [-0.3, -0.25) is 0 Å². The second-order valence-corrected chi connectivity index (χ2v) is 4.69. The van der Waals surface area contributed by atoms with Crippen LogP contribution in [0.15, 0.2) is 36.5 Å². The van der Waals surface area contributed by atoms with E-state index in [1.54, 1.807) is 4.80 Å². The van der Waals surface area contributed by atoms with Gasteiger partial charge in [-0.15, -0.1) is 0 Å². The first-order valence-electron chi connectivity index (χ1n) is 7.06. The summed E-state index contributed by atoms with van der Waals surface area (Å²) in [6.07, 6.45) is 5.23. The first-order valence-corrected chi connectivity index (χ1v) is 7.06. The molecule has 102 valence electrons. The summed E-state index contributed by atoms with van der Waals surface area (Å²) >= 11 is 0. The fraction of sp³-hybridized carbons (Fsp3) is 0.467. The zero-order valence-electron chi connectivity index (χ0n) is 11.7. The predicted molar refractivity (Wildman–Crippen MR) is 77.3 cm³/mol. The Bertz CT molecular complexity index is 478. The van der Waals surface area contributed by atoms with Crippen LogP contribution >= 0.6 is 0 Å². The summed E-state index contributed by atoms with van der Waals surface area (Å²) in [5.41, 5.74) is 2.03. The molecule has 0 radical (unpaired) electrons. The molecule has 0 aliphatic carbocycles. The van der Waals surface area contributed by atoms with Gasteiger partial charge in [0.25, 0.3) is 0 Å². The average Bonchev–Trinajstić information content (AvgIpc) is 2.94. The Hall–Kier alpha value is -1.68. The fourth-order valence-electron chi connectivity index (χ4n) is 2.08. The Morgan fingerprint density at radius 2 is 1.95 bits per heavy atom. The predicted octanol–water partition coefficient (Wildman–Crippen LogP) is 3.11. The largest absolute Gasteiger partial charge is 0.309 e. The second kappa shape index (κ2) is 7.04. The Morgan fingerprint density at radius 1 is 1.16 bits per heavy atom. The molecule has 1 aromatic heterocycles. The van der Waals surface area contributed by atoms with Crippen LogP contribution in [0.4, 0.5) is 0 Å². The zero-order chi connectivity index (χ0) is 13.5. The molecule has 0 aliphatic rings. The Labute approximate surface area is 114 Å². The van der Waals surface area contributed by atoms with Crippen molar-refractivity contribution in [1.29, 1.82) is 0 Å². The molecule has 0 fully saturated rings. The van der Waals surface area contributed by atoms with Crippen molar-refractivity contribution in [1.82, 2.24) is 20.3 Å². The molecule has 0 saturated carbocycles. The molecule has 2 aromatic rings. The monoisotopic (exact) mass is 258 g/mol. The molecule has 1 N–H and O–H groups in total. The molecule has 4 heteroatoms. The highest BCUT2D eigenvalue weighted by Crippen LogP contribution is 2.16. The van der Waals surface area contributed by atoms with Crippen molar-refractivity contribution in [2.75, 3.05) is 6.54 Å². The quantitative estimate of drug-likeness (QED) is 0.829. The molecule has 19 heavy (non-hydrogen) atoms. The van der Waals surface area contributed by atoms with Gasteiger partial charge in [0, 0.05) is 0 Å². The van der Waals surface area contributed by atoms with Gasteiger partial charge in [0.15, 0.2) is 0 Å². The molecule has 0 aliphatic heterocycles. The third-order valence-electron chi connectivity index (χ3n) is 3.07. The van der Waals surface area contributed by atoms with Crippen LogP contribution in [0.5, 0.6) is 0 Å². The topological polar surface area (TPSA) is 42.7 Å². The first-order chi connectivity index (χ1) is 9.35. The lowest BCUT2D eigenvalue weighted by Gasteiger charge is -2.14. The van der Waals surface area contributed by atoms with E-state index >= 15 is 0 Å². The van der Waals surface area contributed by atoms with Gasteiger partial charge < -0.3 is 5.32 Å². The molecule has 2 rings (SSSR count). The van der Waals surface area contributed by atoms with Crippen LogP contribution in [0.1, 0.15) is 44.8 Å². The maximum atomic E-state index is 4.60. The third-order valence-corrected chi connectivity index (χ3v) is 3.07. The van der Waals surface area contributed by atoms with Gasteiger partial charge in [0.05, 0.1) is 17.9 Å². The molecular formula is C15H22N4. The normalized spacial score (nSPS) is 12.5. The molecule has 4 nitrogen and oxygen atoms in total. The molecular weight excluding hydrogens is 236 g/mol. The number of para-hydroxylation sites is 1. The van der Waals surface area contributed by atoms with Gasteiger partial charge in [-0.05, 0) is 31.5 Å². The van der Waals surface area contributed by atoms with E-state index in [-0.39, 0.29) is 0 Å². The van der Waals surface area contributed by atoms with E-state index in [1.807, 2.05) is 36.5 Å². The lowest BCUT2D eigenvalue weighted by molar-refractivity contribution is 0.480. The minimum atomic E-state index is 0.308. The summed E-state index contributed by atoms with van der Waals surface area (Å²) in [4.78, 5) is 1.70. The highest BCUT2D eigenvalue weighted by Gasteiger charge is 2.13. The van der Waals surface area contributed by atoms with Crippen LogP contribution in [-0.2, 0) is 0 Å². The van der Waals surface area contributed by atoms with E-state index in [4.69, 9.17) is 0 Å². The van der Waals surface area contributed by atoms with Gasteiger partial charge in [-0.25, -0.2) is 0 Å². The number of benzene rings is 1. The van der Waals surface area contributed by atoms with Crippen LogP contribution in [0.25, 0.3) is 5.69 Å². The molecule has 0 amide bonds. The molecule has 1 unspecified atom stereocenters. The van der Waals surface area contributed by atoms with Crippen molar-refractivity contribution < 1.29 is 0 Å². The van der Waals surface area contributed by atoms with E-state index in [2.05, 4.69) is 29.4 Å². The van der Waals surface area contributed by atoms with Crippen molar-refractivity contribution in [2.24, 2.45) is 0 Å². The van der Waals surface area contributed by atoms with Gasteiger partial charge in [0.2, 0.25) is 0 Å². The van der Waals surface area contributed by atoms with Crippen molar-refractivity contribution in [3.63, 3.8) is 0 Å². The highest BCUT2D eigenvalue weighted by atomic mass is 15.5. The molecule has 0 spiro atoms. The number of hydrogen-bond donors (Lipinski definition) is 1. The van der Waals surface area contributed by atoms with Crippen molar-refractivity contribution >= 4 is 0 Å². The van der Waals surface area contributed by atoms with E-state index in [0.717, 1.165) is 37.2 Å². The number of nitrogens with zero attached hydrogens (tertiary/aromatic N) is 3.